The molecule has 0 atom stereocenters. The van der Waals surface area contributed by atoms with Gasteiger partial charge in [0.15, 0.2) is 0 Å². The molecule has 1 N–H and O–H groups in total. The molecule has 3 aromatic heterocycles. The average Bonchev–Trinajstić information content (AvgIpc) is 2.98. The first kappa shape index (κ1) is 17.4. The molecule has 0 bridgehead atoms. The van der Waals surface area contributed by atoms with Crippen molar-refractivity contribution in [2.45, 2.75) is 46.3 Å². The Bertz CT molecular complexity index is 1030. The number of fused-ring (bicyclic) bond motifs is 3. The first-order chi connectivity index (χ1) is 11.7. The first-order valence-corrected chi connectivity index (χ1v) is 8.93. The van der Waals surface area contributed by atoms with Crippen LogP contribution in [0.5, 0.6) is 0 Å². The third kappa shape index (κ3) is 3.24. The molecule has 25 heavy (non-hydrogen) atoms. The number of carbonyl (C=O) groups is 1. The highest BCUT2D eigenvalue weighted by Crippen LogP contribution is 2.33. The van der Waals surface area contributed by atoms with Gasteiger partial charge in [-0.3, -0.25) is 9.59 Å². The van der Waals surface area contributed by atoms with Crippen LogP contribution in [0.15, 0.2) is 29.7 Å². The number of aryl methyl sites for hydroxylation is 1. The fraction of sp³-hybridized carbons (Fsp3) is 0.389. The fourth-order valence-corrected chi connectivity index (χ4v) is 3.97. The second-order valence-corrected chi connectivity index (χ2v) is 8.39. The summed E-state index contributed by atoms with van der Waals surface area (Å²) in [6, 6.07) is 2.07. The first-order valence-electron chi connectivity index (χ1n) is 8.11. The quantitative estimate of drug-likeness (QED) is 0.729. The molecule has 3 heterocycles. The number of allylic oxidation sites excluding steroid dienone is 1. The van der Waals surface area contributed by atoms with E-state index in [-0.39, 0.29) is 23.6 Å². The molecule has 0 fully saturated rings. The summed E-state index contributed by atoms with van der Waals surface area (Å²) in [4.78, 5) is 26.3. The number of rotatable bonds is 4. The van der Waals surface area contributed by atoms with Crippen LogP contribution in [0.2, 0.25) is 0 Å². The van der Waals surface area contributed by atoms with Gasteiger partial charge in [-0.1, -0.05) is 6.08 Å². The molecular weight excluding hydrogens is 336 g/mol. The molecule has 0 saturated heterocycles. The minimum absolute atomic E-state index is 0.0992. The van der Waals surface area contributed by atoms with E-state index in [1.54, 1.807) is 23.6 Å². The van der Waals surface area contributed by atoms with Gasteiger partial charge >= 0.3 is 0 Å². The van der Waals surface area contributed by atoms with Gasteiger partial charge < -0.3 is 9.88 Å². The van der Waals surface area contributed by atoms with E-state index >= 15 is 0 Å². The molecule has 0 spiro atoms. The van der Waals surface area contributed by atoms with Crippen LogP contribution >= 0.6 is 11.3 Å². The van der Waals surface area contributed by atoms with Gasteiger partial charge in [0.25, 0.3) is 5.56 Å². The summed E-state index contributed by atoms with van der Waals surface area (Å²) in [5, 5.41) is 7.90. The van der Waals surface area contributed by atoms with Crippen molar-refractivity contribution in [3.05, 3.63) is 40.1 Å². The molecule has 7 heteroatoms. The summed E-state index contributed by atoms with van der Waals surface area (Å²) in [6.07, 6.45) is 3.45. The van der Waals surface area contributed by atoms with Crippen molar-refractivity contribution < 1.29 is 4.79 Å². The Balaban J connectivity index is 2.13. The summed E-state index contributed by atoms with van der Waals surface area (Å²) < 4.78 is 4.22. The molecule has 3 rings (SSSR count). The Labute approximate surface area is 149 Å². The van der Waals surface area contributed by atoms with Crippen LogP contribution in [0, 0.1) is 6.92 Å². The maximum Gasteiger partial charge on any atom is 0.291 e. The minimum atomic E-state index is -0.353. The van der Waals surface area contributed by atoms with Gasteiger partial charge in [-0.25, -0.2) is 4.68 Å². The van der Waals surface area contributed by atoms with Crippen LogP contribution in [0.3, 0.4) is 0 Å². The van der Waals surface area contributed by atoms with Crippen LogP contribution in [0.1, 0.15) is 25.6 Å². The van der Waals surface area contributed by atoms with Crippen LogP contribution < -0.4 is 10.9 Å². The van der Waals surface area contributed by atoms with E-state index in [4.69, 9.17) is 0 Å². The van der Waals surface area contributed by atoms with Gasteiger partial charge in [0.1, 0.15) is 12.1 Å². The van der Waals surface area contributed by atoms with E-state index in [2.05, 4.69) is 23.1 Å². The van der Waals surface area contributed by atoms with Crippen LogP contribution in [-0.4, -0.2) is 25.8 Å². The highest BCUT2D eigenvalue weighted by atomic mass is 32.1. The summed E-state index contributed by atoms with van der Waals surface area (Å²) in [7, 11) is 0. The number of hydrogen-bond donors (Lipinski definition) is 1. The SMILES string of the molecule is C=CCn1c2cc(C)sc2c2cnn(CC(=O)NC(C)(C)C)c(=O)c21. The molecule has 0 aliphatic rings. The van der Waals surface area contributed by atoms with E-state index in [1.807, 2.05) is 32.3 Å². The topological polar surface area (TPSA) is 68.9 Å². The van der Waals surface area contributed by atoms with Crippen molar-refractivity contribution in [1.82, 2.24) is 19.7 Å². The van der Waals surface area contributed by atoms with E-state index in [0.29, 0.717) is 12.1 Å². The second kappa shape index (κ2) is 6.15. The lowest BCUT2D eigenvalue weighted by atomic mass is 10.1. The fourth-order valence-electron chi connectivity index (χ4n) is 2.95. The molecule has 0 unspecified atom stereocenters. The van der Waals surface area contributed by atoms with Crippen LogP contribution in [0.4, 0.5) is 0 Å². The second-order valence-electron chi connectivity index (χ2n) is 7.14. The van der Waals surface area contributed by atoms with E-state index in [0.717, 1.165) is 15.6 Å². The lowest BCUT2D eigenvalue weighted by Crippen LogP contribution is -2.43. The highest BCUT2D eigenvalue weighted by molar-refractivity contribution is 7.20. The average molecular weight is 358 g/mol. The van der Waals surface area contributed by atoms with Crippen molar-refractivity contribution in [2.75, 3.05) is 0 Å². The van der Waals surface area contributed by atoms with Crippen molar-refractivity contribution in [3.63, 3.8) is 0 Å². The van der Waals surface area contributed by atoms with Crippen LogP contribution in [-0.2, 0) is 17.9 Å². The lowest BCUT2D eigenvalue weighted by Gasteiger charge is -2.20. The Morgan fingerprint density at radius 2 is 2.16 bits per heavy atom. The highest BCUT2D eigenvalue weighted by Gasteiger charge is 2.19. The van der Waals surface area contributed by atoms with E-state index < -0.39 is 0 Å². The Morgan fingerprint density at radius 3 is 2.80 bits per heavy atom. The molecule has 0 saturated carbocycles. The smallest absolute Gasteiger partial charge is 0.291 e. The molecule has 0 radical (unpaired) electrons. The number of thiophene rings is 1. The molecule has 0 aromatic carbocycles. The molecule has 0 aliphatic heterocycles. The lowest BCUT2D eigenvalue weighted by molar-refractivity contribution is -0.123. The van der Waals surface area contributed by atoms with Crippen LogP contribution in [0.25, 0.3) is 21.1 Å². The number of aromatic nitrogens is 3. The summed E-state index contributed by atoms with van der Waals surface area (Å²) in [5.41, 5.74) is 0.964. The monoisotopic (exact) mass is 358 g/mol. The summed E-state index contributed by atoms with van der Waals surface area (Å²) in [6.45, 7) is 12.0. The zero-order valence-corrected chi connectivity index (χ0v) is 15.7. The minimum Gasteiger partial charge on any atom is -0.350 e. The Morgan fingerprint density at radius 1 is 1.44 bits per heavy atom. The standard InChI is InChI=1S/C18H22N4O2S/c1-6-7-21-13-8-11(2)25-16(13)12-9-19-22(17(24)15(12)21)10-14(23)20-18(3,4)5/h6,8-9H,1,7,10H2,2-5H3,(H,20,23). The van der Waals surface area contributed by atoms with Crippen molar-refractivity contribution in [3.8, 4) is 0 Å². The Kier molecular flexibility index (Phi) is 4.28. The van der Waals surface area contributed by atoms with Gasteiger partial charge in [-0.15, -0.1) is 17.9 Å². The zero-order chi connectivity index (χ0) is 18.4. The third-order valence-corrected chi connectivity index (χ3v) is 4.85. The van der Waals surface area contributed by atoms with Crippen molar-refractivity contribution in [1.29, 1.82) is 0 Å². The van der Waals surface area contributed by atoms with E-state index in [9.17, 15) is 9.59 Å². The number of hydrogen-bond acceptors (Lipinski definition) is 4. The van der Waals surface area contributed by atoms with E-state index in [1.165, 1.54) is 9.56 Å². The van der Waals surface area contributed by atoms with Crippen molar-refractivity contribution >= 4 is 38.4 Å². The number of carbonyl (C=O) groups excluding carboxylic acids is 1. The van der Waals surface area contributed by atoms with Gasteiger partial charge in [-0.2, -0.15) is 5.10 Å². The molecule has 0 aliphatic carbocycles. The van der Waals surface area contributed by atoms with Gasteiger partial charge in [0.2, 0.25) is 5.91 Å². The summed E-state index contributed by atoms with van der Waals surface area (Å²) >= 11 is 1.64. The molecule has 6 nitrogen and oxygen atoms in total. The van der Waals surface area contributed by atoms with Gasteiger partial charge in [0, 0.05) is 22.3 Å². The maximum atomic E-state index is 12.9. The molecular formula is C18H22N4O2S. The maximum absolute atomic E-state index is 12.9. The molecule has 132 valence electrons. The zero-order valence-electron chi connectivity index (χ0n) is 14.9. The number of nitrogens with zero attached hydrogens (tertiary/aromatic N) is 3. The largest absolute Gasteiger partial charge is 0.350 e. The predicted octanol–water partition coefficient (Wildman–Crippen LogP) is 2.82. The normalized spacial score (nSPS) is 12.0. The number of amides is 1. The number of nitrogens with one attached hydrogen (secondary N) is 1. The van der Waals surface area contributed by atoms with Gasteiger partial charge in [0.05, 0.1) is 16.4 Å². The van der Waals surface area contributed by atoms with Crippen molar-refractivity contribution in [2.24, 2.45) is 0 Å². The third-order valence-electron chi connectivity index (χ3n) is 3.78. The molecule has 1 amide bonds. The molecule has 3 aromatic rings. The van der Waals surface area contributed by atoms with Gasteiger partial charge in [-0.05, 0) is 33.8 Å². The predicted molar refractivity (Wildman–Crippen MR) is 102 cm³/mol. The summed E-state index contributed by atoms with van der Waals surface area (Å²) in [5.74, 6) is -0.235. The Hall–Kier alpha value is -2.41.